The van der Waals surface area contributed by atoms with Gasteiger partial charge in [-0.15, -0.1) is 0 Å². The number of aromatic nitrogens is 6. The number of rotatable bonds is 16. The number of nitrogens with zero attached hydrogens (tertiary/aromatic N) is 15. The lowest BCUT2D eigenvalue weighted by molar-refractivity contribution is -0.0512. The highest BCUT2D eigenvalue weighted by atomic mass is 31.3. The first-order valence-electron chi connectivity index (χ1n) is 16.4. The number of nitrogens with two attached hydrogens (primary N) is 1. The van der Waals surface area contributed by atoms with Crippen molar-refractivity contribution in [2.75, 3.05) is 25.5 Å². The summed E-state index contributed by atoms with van der Waals surface area (Å²) in [5, 5.41) is 49.4. The van der Waals surface area contributed by atoms with Crippen LogP contribution in [0.2, 0.25) is 0 Å². The fourth-order valence-corrected chi connectivity index (χ4v) is 11.1. The van der Waals surface area contributed by atoms with Gasteiger partial charge in [0, 0.05) is 9.82 Å². The van der Waals surface area contributed by atoms with E-state index >= 15 is 0 Å². The van der Waals surface area contributed by atoms with Crippen LogP contribution in [0.25, 0.3) is 32.0 Å². The Morgan fingerprint density at radius 1 is 0.836 bits per heavy atom. The lowest BCUT2D eigenvalue weighted by Crippen LogP contribution is -2.34. The molecule has 0 aliphatic carbocycles. The summed E-state index contributed by atoms with van der Waals surface area (Å²) >= 11 is 0. The largest absolute Gasteiger partial charge is 0.490 e. The second-order valence-corrected chi connectivity index (χ2v) is 18.8. The summed E-state index contributed by atoms with van der Waals surface area (Å²) in [4.78, 5) is 71.2. The standard InChI is InChI=1S/C22H28N16O19P4/c23-16-10-18(27-4-26-16)38(22(31-10)33-35-25)21-15(42)13(40)8(54-21)3-52-59(45,46)56-61(49,50)57-60(47,48)55-58(43,44)51-2-7-12(39)14(41)20(53-7)37-6-28-11-17(37)29-5-36-1-9(32-34-24)30-19(11)36/h4-9,12-15,20-21,39-42H,1-3H2,(H,43,44)(H,45,46)(H,47,48)(H,49,50)(H2,23,26,27)/t7-,8-,9?,12-,13-,14-,15-,20-,21-/m1/s1. The van der Waals surface area contributed by atoms with Crippen LogP contribution in [0.1, 0.15) is 18.1 Å². The van der Waals surface area contributed by atoms with Gasteiger partial charge in [0.05, 0.1) is 32.4 Å². The van der Waals surface area contributed by atoms with Gasteiger partial charge in [-0.1, -0.05) is 5.11 Å². The van der Waals surface area contributed by atoms with Crippen molar-refractivity contribution in [1.82, 2.24) is 34.0 Å². The number of hydrogen-bond donors (Lipinski definition) is 9. The van der Waals surface area contributed by atoms with E-state index in [1.807, 2.05) is 0 Å². The summed E-state index contributed by atoms with van der Waals surface area (Å²) in [5.41, 5.74) is 23.4. The number of nitrogen functional groups attached to an aromatic ring is 1. The van der Waals surface area contributed by atoms with Crippen molar-refractivity contribution in [3.8, 4) is 0 Å². The van der Waals surface area contributed by atoms with Crippen molar-refractivity contribution in [3.05, 3.63) is 39.2 Å². The quantitative estimate of drug-likeness (QED) is 0.0372. The lowest BCUT2D eigenvalue weighted by atomic mass is 10.1. The van der Waals surface area contributed by atoms with Gasteiger partial charge in [-0.2, -0.15) is 12.9 Å². The van der Waals surface area contributed by atoms with Gasteiger partial charge in [-0.3, -0.25) is 23.2 Å². The van der Waals surface area contributed by atoms with Crippen molar-refractivity contribution in [2.24, 2.45) is 20.2 Å². The minimum Gasteiger partial charge on any atom is -0.387 e. The highest BCUT2D eigenvalue weighted by Crippen LogP contribution is 2.71. The third-order valence-corrected chi connectivity index (χ3v) is 14.5. The Morgan fingerprint density at radius 2 is 1.43 bits per heavy atom. The summed E-state index contributed by atoms with van der Waals surface area (Å²) in [6.45, 7) is -2.20. The minimum atomic E-state index is -6.28. The summed E-state index contributed by atoms with van der Waals surface area (Å²) in [5.74, 6) is -0.290. The van der Waals surface area contributed by atoms with E-state index in [1.165, 1.54) is 10.9 Å². The van der Waals surface area contributed by atoms with Gasteiger partial charge in [0.25, 0.3) is 0 Å². The normalized spacial score (nSPS) is 30.9. The summed E-state index contributed by atoms with van der Waals surface area (Å²) in [6.07, 6.45) is -11.3. The molecule has 39 heteroatoms. The zero-order valence-corrected chi connectivity index (χ0v) is 33.3. The fraction of sp³-hybridized carbons (Fsp3) is 0.545. The summed E-state index contributed by atoms with van der Waals surface area (Å²) in [7, 11) is -24.3. The highest BCUT2D eigenvalue weighted by Gasteiger charge is 2.50. The van der Waals surface area contributed by atoms with Crippen LogP contribution in [0.5, 0.6) is 0 Å². The predicted molar refractivity (Wildman–Crippen MR) is 191 cm³/mol. The molecular formula is C22H28N16O19P4. The zero-order chi connectivity index (χ0) is 44.2. The molecule has 0 spiro atoms. The monoisotopic (exact) mass is 944 g/mol. The SMILES string of the molecule is [N-]=[N+]=Nc1nc2c(N)ncnc2n1[C@@H]1O[C@H](COP(=O)(O)OP(=O)(O)OP(=O)(O)OP(=O)(O)OC[C@H]2O[C@@H](n3cnc4c3N=CN3CC(N=[N+]=[N-])N=C43)[C@H](O)[C@@H]2O)[C@@H](O)[C@H]1O. The Hall–Kier alpha value is -4.36. The molecule has 3 aromatic rings. The number of phosphoric acid groups is 4. The van der Waals surface area contributed by atoms with Crippen molar-refractivity contribution < 1.29 is 89.7 Å². The van der Waals surface area contributed by atoms with Crippen molar-refractivity contribution in [3.63, 3.8) is 0 Å². The molecule has 0 radical (unpaired) electrons. The third-order valence-electron chi connectivity index (χ3n) is 8.63. The molecule has 13 atom stereocenters. The summed E-state index contributed by atoms with van der Waals surface area (Å²) < 4.78 is 84.0. The van der Waals surface area contributed by atoms with Crippen molar-refractivity contribution in [2.45, 2.75) is 55.2 Å². The number of phosphoric ester groups is 2. The maximum absolute atomic E-state index is 12.6. The maximum atomic E-state index is 12.6. The van der Waals surface area contributed by atoms with Gasteiger partial charge in [0.1, 0.15) is 49.1 Å². The molecule has 4 aliphatic rings. The first-order chi connectivity index (χ1) is 28.6. The van der Waals surface area contributed by atoms with Crippen LogP contribution in [0.15, 0.2) is 32.9 Å². The third kappa shape index (κ3) is 9.24. The molecule has 61 heavy (non-hydrogen) atoms. The highest BCUT2D eigenvalue weighted by molar-refractivity contribution is 7.69. The van der Waals surface area contributed by atoms with E-state index in [0.29, 0.717) is 0 Å². The van der Waals surface area contributed by atoms with Gasteiger partial charge >= 0.3 is 31.3 Å². The van der Waals surface area contributed by atoms with Crippen LogP contribution >= 0.6 is 31.3 Å². The Bertz CT molecular complexity index is 2580. The molecule has 3 aromatic heterocycles. The topological polar surface area (TPSA) is 508 Å². The van der Waals surface area contributed by atoms with Crippen LogP contribution < -0.4 is 5.73 Å². The number of anilines is 1. The molecule has 330 valence electrons. The number of aliphatic hydroxyl groups is 4. The molecule has 7 rings (SSSR count). The number of aliphatic hydroxyl groups excluding tert-OH is 4. The number of hydrogen-bond acceptors (Lipinski definition) is 25. The molecule has 7 heterocycles. The number of amidine groups is 1. The van der Waals surface area contributed by atoms with E-state index in [4.69, 9.17) is 26.3 Å². The van der Waals surface area contributed by atoms with E-state index in [-0.39, 0.29) is 40.9 Å². The van der Waals surface area contributed by atoms with Crippen LogP contribution in [-0.4, -0.2) is 149 Å². The molecule has 5 unspecified atom stereocenters. The molecule has 2 saturated heterocycles. The molecule has 0 amide bonds. The van der Waals surface area contributed by atoms with Crippen molar-refractivity contribution >= 4 is 72.2 Å². The Morgan fingerprint density at radius 3 is 2.03 bits per heavy atom. The number of aliphatic imine (C=N–C) groups is 2. The van der Waals surface area contributed by atoms with Crippen LogP contribution in [-0.2, 0) is 49.7 Å². The average molecular weight is 944 g/mol. The van der Waals surface area contributed by atoms with Gasteiger partial charge in [0.2, 0.25) is 5.95 Å². The predicted octanol–water partition coefficient (Wildman–Crippen LogP) is -0.658. The van der Waals surface area contributed by atoms with E-state index < -0.39 is 106 Å². The second-order valence-electron chi connectivity index (χ2n) is 12.6. The maximum Gasteiger partial charge on any atom is 0.490 e. The molecule has 0 saturated carbocycles. The molecule has 0 bridgehead atoms. The van der Waals surface area contributed by atoms with Crippen LogP contribution in [0.4, 0.5) is 17.6 Å². The fourth-order valence-electron chi connectivity index (χ4n) is 6.13. The van der Waals surface area contributed by atoms with E-state index in [1.54, 1.807) is 4.90 Å². The van der Waals surface area contributed by atoms with Gasteiger partial charge in [-0.25, -0.2) is 43.2 Å². The molecule has 35 nitrogen and oxygen atoms in total. The van der Waals surface area contributed by atoms with Gasteiger partial charge < -0.3 is 60.1 Å². The lowest BCUT2D eigenvalue weighted by Gasteiger charge is -2.22. The molecular weight excluding hydrogens is 916 g/mol. The number of imidazole rings is 2. The van der Waals surface area contributed by atoms with Crippen LogP contribution in [0.3, 0.4) is 0 Å². The summed E-state index contributed by atoms with van der Waals surface area (Å²) in [6, 6.07) is 0. The van der Waals surface area contributed by atoms with E-state index in [9.17, 15) is 58.3 Å². The van der Waals surface area contributed by atoms with Gasteiger partial charge in [0.15, 0.2) is 46.8 Å². The average Bonchev–Trinajstić information content (AvgIpc) is 3.97. The molecule has 2 fully saturated rings. The minimum absolute atomic E-state index is 0.0814. The number of fused-ring (bicyclic) bond motifs is 4. The van der Waals surface area contributed by atoms with Gasteiger partial charge in [-0.05, 0) is 16.2 Å². The Labute approximate surface area is 335 Å². The Balaban J connectivity index is 0.928. The molecule has 0 aromatic carbocycles. The number of azide groups is 2. The molecule has 10 N–H and O–H groups in total. The van der Waals surface area contributed by atoms with E-state index in [2.05, 4.69) is 72.0 Å². The zero-order valence-electron chi connectivity index (χ0n) is 29.7. The molecule has 4 aliphatic heterocycles. The smallest absolute Gasteiger partial charge is 0.387 e. The Kier molecular flexibility index (Phi) is 12.3. The number of ether oxygens (including phenoxy) is 2. The van der Waals surface area contributed by atoms with Crippen LogP contribution in [0, 0.1) is 0 Å². The first-order valence-corrected chi connectivity index (χ1v) is 22.4. The second kappa shape index (κ2) is 16.7. The first kappa shape index (κ1) is 44.7. The van der Waals surface area contributed by atoms with Crippen molar-refractivity contribution in [1.29, 1.82) is 0 Å². The van der Waals surface area contributed by atoms with E-state index in [0.717, 1.165) is 17.2 Å².